The second kappa shape index (κ2) is 4.61. The number of ether oxygens (including phenoxy) is 1. The van der Waals surface area contributed by atoms with Crippen molar-refractivity contribution in [2.75, 3.05) is 5.73 Å². The molecule has 2 aromatic rings. The van der Waals surface area contributed by atoms with E-state index in [1.54, 1.807) is 12.1 Å². The lowest BCUT2D eigenvalue weighted by Gasteiger charge is -2.03. The van der Waals surface area contributed by atoms with Gasteiger partial charge in [0.25, 0.3) is 0 Å². The molecule has 1 aromatic carbocycles. The molecule has 0 aliphatic carbocycles. The van der Waals surface area contributed by atoms with Gasteiger partial charge in [-0.1, -0.05) is 12.1 Å². The number of hydrogen-bond donors (Lipinski definition) is 1. The lowest BCUT2D eigenvalue weighted by molar-refractivity contribution is 0.0728. The van der Waals surface area contributed by atoms with E-state index in [9.17, 15) is 9.18 Å². The maximum atomic E-state index is 12.9. The predicted molar refractivity (Wildman–Crippen MR) is 60.0 cm³/mol. The Labute approximate surface area is 96.9 Å². The average Bonchev–Trinajstić information content (AvgIpc) is 2.29. The van der Waals surface area contributed by atoms with E-state index in [0.717, 1.165) is 6.07 Å². The molecule has 0 unspecified atom stereocenters. The van der Waals surface area contributed by atoms with Crippen molar-refractivity contribution in [3.63, 3.8) is 0 Å². The molecule has 17 heavy (non-hydrogen) atoms. The van der Waals surface area contributed by atoms with E-state index in [-0.39, 0.29) is 17.3 Å². The molecular weight excluding hydrogens is 223 g/mol. The Balaban J connectivity index is 2.17. The first-order valence-electron chi connectivity index (χ1n) is 4.85. The zero-order valence-electron chi connectivity index (χ0n) is 8.76. The molecule has 0 spiro atoms. The minimum Gasteiger partial charge on any atom is -0.422 e. The van der Waals surface area contributed by atoms with Crippen LogP contribution < -0.4 is 10.5 Å². The van der Waals surface area contributed by atoms with Crippen LogP contribution in [-0.2, 0) is 0 Å². The highest BCUT2D eigenvalue weighted by Gasteiger charge is 2.10. The minimum absolute atomic E-state index is 0.0780. The largest absolute Gasteiger partial charge is 0.422 e. The third kappa shape index (κ3) is 2.78. The minimum atomic E-state index is -0.678. The molecule has 0 saturated carbocycles. The van der Waals surface area contributed by atoms with Crippen molar-refractivity contribution in [2.24, 2.45) is 0 Å². The van der Waals surface area contributed by atoms with Crippen LogP contribution in [0, 0.1) is 5.82 Å². The summed E-state index contributed by atoms with van der Waals surface area (Å²) in [5.74, 6) is -0.809. The van der Waals surface area contributed by atoms with Crippen molar-refractivity contribution in [3.8, 4) is 5.75 Å². The van der Waals surface area contributed by atoms with Crippen LogP contribution in [0.25, 0.3) is 0 Å². The Morgan fingerprint density at radius 3 is 2.71 bits per heavy atom. The molecule has 0 fully saturated rings. The molecule has 5 heteroatoms. The van der Waals surface area contributed by atoms with Crippen LogP contribution in [0.1, 0.15) is 10.5 Å². The number of nitrogens with zero attached hydrogens (tertiary/aromatic N) is 1. The van der Waals surface area contributed by atoms with Gasteiger partial charge in [0.15, 0.2) is 5.69 Å². The van der Waals surface area contributed by atoms with Gasteiger partial charge in [0.05, 0.1) is 0 Å². The monoisotopic (exact) mass is 232 g/mol. The van der Waals surface area contributed by atoms with Crippen molar-refractivity contribution in [2.45, 2.75) is 0 Å². The number of esters is 1. The molecule has 0 aliphatic heterocycles. The van der Waals surface area contributed by atoms with Crippen molar-refractivity contribution in [3.05, 3.63) is 54.0 Å². The van der Waals surface area contributed by atoms with Crippen LogP contribution in [0.2, 0.25) is 0 Å². The highest BCUT2D eigenvalue weighted by molar-refractivity contribution is 5.89. The number of pyridine rings is 1. The summed E-state index contributed by atoms with van der Waals surface area (Å²) < 4.78 is 17.8. The van der Waals surface area contributed by atoms with Gasteiger partial charge in [-0.2, -0.15) is 0 Å². The van der Waals surface area contributed by atoms with E-state index in [2.05, 4.69) is 4.98 Å². The molecule has 0 radical (unpaired) electrons. The summed E-state index contributed by atoms with van der Waals surface area (Å²) in [5.41, 5.74) is 5.51. The zero-order valence-corrected chi connectivity index (χ0v) is 8.76. The molecule has 0 saturated heterocycles. The first kappa shape index (κ1) is 11.1. The second-order valence-corrected chi connectivity index (χ2v) is 3.29. The zero-order chi connectivity index (χ0) is 12.3. The van der Waals surface area contributed by atoms with Crippen LogP contribution in [-0.4, -0.2) is 11.0 Å². The Morgan fingerprint density at radius 1 is 1.24 bits per heavy atom. The number of carbonyl (C=O) groups is 1. The molecule has 4 nitrogen and oxygen atoms in total. The molecule has 1 heterocycles. The standard InChI is InChI=1S/C12H9FN2O2/c13-8-3-1-4-9(7-8)17-12(16)10-5-2-6-11(14)15-10/h1-7H,(H2,14,15). The van der Waals surface area contributed by atoms with Gasteiger partial charge < -0.3 is 10.5 Å². The molecule has 0 amide bonds. The summed E-state index contributed by atoms with van der Waals surface area (Å²) >= 11 is 0. The maximum absolute atomic E-state index is 12.9. The molecular formula is C12H9FN2O2. The topological polar surface area (TPSA) is 65.2 Å². The van der Waals surface area contributed by atoms with Gasteiger partial charge in [-0.25, -0.2) is 14.2 Å². The number of anilines is 1. The predicted octanol–water partition coefficient (Wildman–Crippen LogP) is 2.02. The summed E-state index contributed by atoms with van der Waals surface area (Å²) in [5, 5.41) is 0. The number of nitrogen functional groups attached to an aromatic ring is 1. The number of halogens is 1. The maximum Gasteiger partial charge on any atom is 0.362 e. The summed E-state index contributed by atoms with van der Waals surface area (Å²) in [6.07, 6.45) is 0. The summed E-state index contributed by atoms with van der Waals surface area (Å²) in [7, 11) is 0. The Bertz CT molecular complexity index is 558. The lowest BCUT2D eigenvalue weighted by Crippen LogP contribution is -2.11. The number of benzene rings is 1. The Morgan fingerprint density at radius 2 is 2.00 bits per heavy atom. The van der Waals surface area contributed by atoms with Gasteiger partial charge in [-0.05, 0) is 24.3 Å². The fourth-order valence-electron chi connectivity index (χ4n) is 1.25. The van der Waals surface area contributed by atoms with Gasteiger partial charge in [0, 0.05) is 6.07 Å². The molecule has 2 rings (SSSR count). The van der Waals surface area contributed by atoms with Crippen LogP contribution in [0.3, 0.4) is 0 Å². The normalized spacial score (nSPS) is 9.94. The average molecular weight is 232 g/mol. The van der Waals surface area contributed by atoms with Gasteiger partial charge in [-0.15, -0.1) is 0 Å². The van der Waals surface area contributed by atoms with Crippen molar-refractivity contribution in [1.29, 1.82) is 0 Å². The smallest absolute Gasteiger partial charge is 0.362 e. The Kier molecular flexibility index (Phi) is 3.00. The van der Waals surface area contributed by atoms with E-state index in [1.165, 1.54) is 24.3 Å². The molecule has 1 aromatic heterocycles. The van der Waals surface area contributed by atoms with Crippen molar-refractivity contribution < 1.29 is 13.9 Å². The summed E-state index contributed by atoms with van der Waals surface area (Å²) in [6.45, 7) is 0. The third-order valence-electron chi connectivity index (χ3n) is 1.99. The van der Waals surface area contributed by atoms with Crippen LogP contribution in [0.15, 0.2) is 42.5 Å². The van der Waals surface area contributed by atoms with Crippen molar-refractivity contribution >= 4 is 11.8 Å². The molecule has 0 aliphatic rings. The lowest BCUT2D eigenvalue weighted by atomic mass is 10.3. The summed E-state index contributed by atoms with van der Waals surface area (Å²) in [6, 6.07) is 9.92. The van der Waals surface area contributed by atoms with Gasteiger partial charge in [0.1, 0.15) is 17.4 Å². The highest BCUT2D eigenvalue weighted by Crippen LogP contribution is 2.13. The van der Waals surface area contributed by atoms with Crippen LogP contribution >= 0.6 is 0 Å². The van der Waals surface area contributed by atoms with Gasteiger partial charge in [0.2, 0.25) is 0 Å². The second-order valence-electron chi connectivity index (χ2n) is 3.29. The number of hydrogen-bond acceptors (Lipinski definition) is 4. The fraction of sp³-hybridized carbons (Fsp3) is 0. The van der Waals surface area contributed by atoms with Crippen LogP contribution in [0.4, 0.5) is 10.2 Å². The molecule has 86 valence electrons. The van der Waals surface area contributed by atoms with E-state index in [1.807, 2.05) is 0 Å². The Hall–Kier alpha value is -2.43. The van der Waals surface area contributed by atoms with E-state index >= 15 is 0 Å². The first-order valence-corrected chi connectivity index (χ1v) is 4.85. The molecule has 0 atom stereocenters. The quantitative estimate of drug-likeness (QED) is 0.635. The summed E-state index contributed by atoms with van der Waals surface area (Å²) in [4.78, 5) is 15.4. The van der Waals surface area contributed by atoms with Gasteiger partial charge >= 0.3 is 5.97 Å². The van der Waals surface area contributed by atoms with Crippen molar-refractivity contribution in [1.82, 2.24) is 4.98 Å². The number of rotatable bonds is 2. The molecule has 2 N–H and O–H groups in total. The molecule has 0 bridgehead atoms. The number of nitrogens with two attached hydrogens (primary N) is 1. The number of aromatic nitrogens is 1. The highest BCUT2D eigenvalue weighted by atomic mass is 19.1. The van der Waals surface area contributed by atoms with Crippen LogP contribution in [0.5, 0.6) is 5.75 Å². The number of carbonyl (C=O) groups excluding carboxylic acids is 1. The van der Waals surface area contributed by atoms with Gasteiger partial charge in [-0.3, -0.25) is 0 Å². The van der Waals surface area contributed by atoms with E-state index < -0.39 is 11.8 Å². The van der Waals surface area contributed by atoms with E-state index in [0.29, 0.717) is 0 Å². The SMILES string of the molecule is Nc1cccc(C(=O)Oc2cccc(F)c2)n1. The fourth-order valence-corrected chi connectivity index (χ4v) is 1.25. The first-order chi connectivity index (χ1) is 8.15. The van der Waals surface area contributed by atoms with E-state index in [4.69, 9.17) is 10.5 Å². The third-order valence-corrected chi connectivity index (χ3v) is 1.99.